The van der Waals surface area contributed by atoms with Crippen LogP contribution in [0.25, 0.3) is 0 Å². The molecule has 0 spiro atoms. The van der Waals surface area contributed by atoms with Gasteiger partial charge in [-0.1, -0.05) is 0 Å². The van der Waals surface area contributed by atoms with Crippen LogP contribution in [0.15, 0.2) is 4.99 Å². The molecular weight excluding hydrogens is 232 g/mol. The number of rotatable bonds is 7. The first kappa shape index (κ1) is 15.2. The van der Waals surface area contributed by atoms with Crippen molar-refractivity contribution in [3.05, 3.63) is 0 Å². The molecule has 6 nitrogen and oxygen atoms in total. The van der Waals surface area contributed by atoms with Gasteiger partial charge in [0.15, 0.2) is 0 Å². The number of nitrogens with zero attached hydrogens (tertiary/aromatic N) is 1. The summed E-state index contributed by atoms with van der Waals surface area (Å²) in [5.41, 5.74) is 2.61. The molecule has 0 heterocycles. The van der Waals surface area contributed by atoms with Gasteiger partial charge < -0.3 is 14.8 Å². The third-order valence-electron chi connectivity index (χ3n) is 3.13. The van der Waals surface area contributed by atoms with E-state index in [4.69, 9.17) is 15.3 Å². The minimum atomic E-state index is 0.256. The molecule has 2 atom stereocenters. The van der Waals surface area contributed by atoms with E-state index in [9.17, 15) is 0 Å². The van der Waals surface area contributed by atoms with Crippen LogP contribution in [0.1, 0.15) is 32.6 Å². The molecular formula is C12H26N4O2. The number of hydrazine groups is 1. The summed E-state index contributed by atoms with van der Waals surface area (Å²) in [4.78, 5) is 4.38. The molecule has 0 aromatic rings. The highest BCUT2D eigenvalue weighted by atomic mass is 16.5. The fourth-order valence-corrected chi connectivity index (χ4v) is 2.18. The van der Waals surface area contributed by atoms with E-state index < -0.39 is 0 Å². The maximum absolute atomic E-state index is 5.46. The van der Waals surface area contributed by atoms with Crippen LogP contribution in [0.3, 0.4) is 0 Å². The number of hydrogen-bond acceptors (Lipinski definition) is 4. The van der Waals surface area contributed by atoms with Crippen LogP contribution in [-0.2, 0) is 9.47 Å². The molecule has 1 rings (SSSR count). The van der Waals surface area contributed by atoms with E-state index >= 15 is 0 Å². The molecule has 0 aromatic heterocycles. The molecule has 6 heteroatoms. The van der Waals surface area contributed by atoms with Crippen molar-refractivity contribution in [3.63, 3.8) is 0 Å². The predicted molar refractivity (Wildman–Crippen MR) is 72.3 cm³/mol. The molecule has 0 amide bonds. The molecule has 0 aromatic carbocycles. The maximum Gasteiger partial charge on any atom is 0.206 e. The summed E-state index contributed by atoms with van der Waals surface area (Å²) in [5, 5.41) is 3.31. The van der Waals surface area contributed by atoms with Gasteiger partial charge in [-0.05, 0) is 32.6 Å². The van der Waals surface area contributed by atoms with Crippen molar-refractivity contribution in [2.45, 2.75) is 44.8 Å². The average Bonchev–Trinajstić information content (AvgIpc) is 2.84. The Bertz CT molecular complexity index is 248. The lowest BCUT2D eigenvalue weighted by molar-refractivity contribution is 0.0904. The molecule has 0 saturated heterocycles. The third-order valence-corrected chi connectivity index (χ3v) is 3.13. The normalized spacial score (nSPS) is 24.3. The minimum Gasteiger partial charge on any atom is -0.382 e. The highest BCUT2D eigenvalue weighted by Gasteiger charge is 2.27. The van der Waals surface area contributed by atoms with E-state index in [0.29, 0.717) is 18.5 Å². The maximum atomic E-state index is 5.46. The second-order valence-electron chi connectivity index (χ2n) is 4.38. The largest absolute Gasteiger partial charge is 0.382 e. The minimum absolute atomic E-state index is 0.256. The highest BCUT2D eigenvalue weighted by molar-refractivity contribution is 5.79. The Kier molecular flexibility index (Phi) is 7.71. The summed E-state index contributed by atoms with van der Waals surface area (Å²) in [6, 6.07) is 0.302. The molecule has 4 N–H and O–H groups in total. The number of ether oxygens (including phenoxy) is 2. The molecule has 18 heavy (non-hydrogen) atoms. The first-order valence-corrected chi connectivity index (χ1v) is 6.70. The Labute approximate surface area is 109 Å². The van der Waals surface area contributed by atoms with Crippen molar-refractivity contribution in [2.24, 2.45) is 10.8 Å². The van der Waals surface area contributed by atoms with Gasteiger partial charge in [-0.15, -0.1) is 0 Å². The van der Waals surface area contributed by atoms with Crippen LogP contribution in [0.2, 0.25) is 0 Å². The zero-order valence-corrected chi connectivity index (χ0v) is 11.4. The Morgan fingerprint density at radius 3 is 2.94 bits per heavy atom. The SMILES string of the molecule is CCOCCCN=C(NN)NC1CCCC1OC. The average molecular weight is 258 g/mol. The summed E-state index contributed by atoms with van der Waals surface area (Å²) >= 11 is 0. The summed E-state index contributed by atoms with van der Waals surface area (Å²) < 4.78 is 10.7. The number of nitrogens with one attached hydrogen (secondary N) is 2. The third kappa shape index (κ3) is 5.20. The van der Waals surface area contributed by atoms with E-state index in [1.54, 1.807) is 7.11 Å². The van der Waals surface area contributed by atoms with E-state index in [1.165, 1.54) is 6.42 Å². The molecule has 0 bridgehead atoms. The van der Waals surface area contributed by atoms with Crippen molar-refractivity contribution >= 4 is 5.96 Å². The molecule has 1 aliphatic rings. The second kappa shape index (κ2) is 9.13. The van der Waals surface area contributed by atoms with Crippen LogP contribution in [0.4, 0.5) is 0 Å². The van der Waals surface area contributed by atoms with Crippen LogP contribution in [0.5, 0.6) is 0 Å². The van der Waals surface area contributed by atoms with E-state index in [2.05, 4.69) is 15.7 Å². The number of nitrogens with two attached hydrogens (primary N) is 1. The lowest BCUT2D eigenvalue weighted by Crippen LogP contribution is -2.49. The van der Waals surface area contributed by atoms with Gasteiger partial charge >= 0.3 is 0 Å². The predicted octanol–water partition coefficient (Wildman–Crippen LogP) is 0.389. The van der Waals surface area contributed by atoms with E-state index in [1.807, 2.05) is 6.92 Å². The molecule has 1 aliphatic carbocycles. The fraction of sp³-hybridized carbons (Fsp3) is 0.917. The van der Waals surface area contributed by atoms with Crippen molar-refractivity contribution < 1.29 is 9.47 Å². The quantitative estimate of drug-likeness (QED) is 0.202. The van der Waals surface area contributed by atoms with Gasteiger partial charge in [0.05, 0.1) is 12.1 Å². The van der Waals surface area contributed by atoms with Gasteiger partial charge in [-0.25, -0.2) is 5.84 Å². The smallest absolute Gasteiger partial charge is 0.206 e. The van der Waals surface area contributed by atoms with Gasteiger partial charge in [0.25, 0.3) is 0 Å². The van der Waals surface area contributed by atoms with Gasteiger partial charge in [0.1, 0.15) is 0 Å². The Balaban J connectivity index is 2.29. The zero-order valence-electron chi connectivity index (χ0n) is 11.4. The van der Waals surface area contributed by atoms with Gasteiger partial charge in [-0.3, -0.25) is 10.4 Å². The second-order valence-corrected chi connectivity index (χ2v) is 4.38. The lowest BCUT2D eigenvalue weighted by atomic mass is 10.2. The molecule has 1 saturated carbocycles. The monoisotopic (exact) mass is 258 g/mol. The Morgan fingerprint density at radius 1 is 1.44 bits per heavy atom. The van der Waals surface area contributed by atoms with Crippen molar-refractivity contribution in [2.75, 3.05) is 26.9 Å². The van der Waals surface area contributed by atoms with Crippen molar-refractivity contribution in [1.82, 2.24) is 10.7 Å². The molecule has 0 radical (unpaired) electrons. The van der Waals surface area contributed by atoms with E-state index in [-0.39, 0.29) is 6.10 Å². The van der Waals surface area contributed by atoms with Crippen LogP contribution >= 0.6 is 0 Å². The first-order chi connectivity index (χ1) is 8.81. The fourth-order valence-electron chi connectivity index (χ4n) is 2.18. The van der Waals surface area contributed by atoms with Crippen LogP contribution in [-0.4, -0.2) is 45.0 Å². The highest BCUT2D eigenvalue weighted by Crippen LogP contribution is 2.21. The summed E-state index contributed by atoms with van der Waals surface area (Å²) in [6.45, 7) is 4.18. The summed E-state index contributed by atoms with van der Waals surface area (Å²) in [5.74, 6) is 6.10. The summed E-state index contributed by atoms with van der Waals surface area (Å²) in [7, 11) is 1.75. The number of aliphatic imine (C=N–C) groups is 1. The topological polar surface area (TPSA) is 80.9 Å². The van der Waals surface area contributed by atoms with E-state index in [0.717, 1.165) is 32.5 Å². The number of methoxy groups -OCH3 is 1. The van der Waals surface area contributed by atoms with Gasteiger partial charge in [0.2, 0.25) is 5.96 Å². The number of hydrogen-bond donors (Lipinski definition) is 3. The standard InChI is InChI=1S/C12H26N4O2/c1-3-18-9-5-8-14-12(16-13)15-10-6-4-7-11(10)17-2/h10-11H,3-9,13H2,1-2H3,(H2,14,15,16). The Hall–Kier alpha value is -0.850. The van der Waals surface area contributed by atoms with Crippen molar-refractivity contribution in [1.29, 1.82) is 0 Å². The molecule has 1 fully saturated rings. The zero-order chi connectivity index (χ0) is 13.2. The molecule has 2 unspecified atom stereocenters. The van der Waals surface area contributed by atoms with Gasteiger partial charge in [0, 0.05) is 26.9 Å². The van der Waals surface area contributed by atoms with Crippen LogP contribution in [0, 0.1) is 0 Å². The first-order valence-electron chi connectivity index (χ1n) is 6.70. The van der Waals surface area contributed by atoms with Crippen molar-refractivity contribution in [3.8, 4) is 0 Å². The molecule has 0 aliphatic heterocycles. The molecule has 106 valence electrons. The number of guanidine groups is 1. The van der Waals surface area contributed by atoms with Gasteiger partial charge in [-0.2, -0.15) is 0 Å². The summed E-state index contributed by atoms with van der Waals surface area (Å²) in [6.07, 6.45) is 4.53. The Morgan fingerprint density at radius 2 is 2.28 bits per heavy atom. The lowest BCUT2D eigenvalue weighted by Gasteiger charge is -2.21. The van der Waals surface area contributed by atoms with Crippen LogP contribution < -0.4 is 16.6 Å².